The van der Waals surface area contributed by atoms with Crippen LogP contribution < -0.4 is 0 Å². The molecule has 0 heterocycles. The molecule has 0 nitrogen and oxygen atoms in total. The first-order valence-corrected chi connectivity index (χ1v) is 3.48. The third kappa shape index (κ3) is 13.3. The Hall–Kier alpha value is 0.244. The van der Waals surface area contributed by atoms with Crippen LogP contribution in [0, 0.1) is 0 Å². The van der Waals surface area contributed by atoms with E-state index in [2.05, 4.69) is 0 Å². The summed E-state index contributed by atoms with van der Waals surface area (Å²) in [6, 6.07) is 0. The number of alkyl halides is 3. The Morgan fingerprint density at radius 3 is 1.45 bits per heavy atom. The van der Waals surface area contributed by atoms with Crippen molar-refractivity contribution in [3.63, 3.8) is 0 Å². The van der Waals surface area contributed by atoms with E-state index in [0.29, 0.717) is 0 Å². The largest absolute Gasteiger partial charge is 0.595 e. The predicted molar refractivity (Wildman–Crippen MR) is 25.4 cm³/mol. The first kappa shape index (κ1) is 13.8. The van der Waals surface area contributed by atoms with Gasteiger partial charge in [-0.2, -0.15) is 13.2 Å². The summed E-state index contributed by atoms with van der Waals surface area (Å²) >= 11 is 0. The van der Waals surface area contributed by atoms with Gasteiger partial charge < -0.3 is 0 Å². The van der Waals surface area contributed by atoms with E-state index >= 15 is 0 Å². The van der Waals surface area contributed by atoms with Gasteiger partial charge in [0.25, 0.3) is 0 Å². The molecule has 0 saturated heterocycles. The van der Waals surface area contributed by atoms with E-state index < -0.39 is 26.3 Å². The van der Waals surface area contributed by atoms with E-state index in [9.17, 15) is 25.8 Å². The summed E-state index contributed by atoms with van der Waals surface area (Å²) in [6.45, 7) is 0. The minimum atomic E-state index is -5.91. The van der Waals surface area contributed by atoms with Crippen molar-refractivity contribution in [3.05, 3.63) is 11.9 Å². The van der Waals surface area contributed by atoms with Crippen molar-refractivity contribution in [3.8, 4) is 0 Å². The molecule has 11 heavy (non-hydrogen) atoms. The molecule has 0 unspecified atom stereocenters. The van der Waals surface area contributed by atoms with Gasteiger partial charge in [-0.05, 0) is 0 Å². The van der Waals surface area contributed by atoms with Gasteiger partial charge in [-0.3, -0.25) is 0 Å². The molecule has 0 radical (unpaired) electrons. The molecule has 0 atom stereocenters. The predicted octanol–water partition coefficient (Wildman–Crippen LogP) is 3.73. The maximum atomic E-state index is 11.1. The molecule has 0 amide bonds. The van der Waals surface area contributed by atoms with Gasteiger partial charge in [0, 0.05) is 29.1 Å². The molecule has 0 fully saturated rings. The second kappa shape index (κ2) is 4.31. The van der Waals surface area contributed by atoms with Crippen molar-refractivity contribution in [2.75, 3.05) is 0 Å². The first-order valence-electron chi connectivity index (χ1n) is 1.95. The van der Waals surface area contributed by atoms with Gasteiger partial charge in [0.15, 0.2) is 5.82 Å². The van der Waals surface area contributed by atoms with Gasteiger partial charge in [-0.25, -0.2) is 0 Å². The topological polar surface area (TPSA) is 0 Å². The standard InChI is InChI=1S/C3H2F6P.Ni/c4-3(5,6)1-2-10(7,8)9;/h1-2H;/q+1;. The van der Waals surface area contributed by atoms with Crippen LogP contribution in [0.2, 0.25) is 0 Å². The van der Waals surface area contributed by atoms with Crippen LogP contribution in [0.1, 0.15) is 0 Å². The van der Waals surface area contributed by atoms with Crippen LogP contribution >= 0.6 is 8.19 Å². The molecular weight excluding hydrogens is 240 g/mol. The number of halogens is 6. The summed E-state index contributed by atoms with van der Waals surface area (Å²) in [4.78, 5) is 0. The fourth-order valence-electron chi connectivity index (χ4n) is 0.169. The Bertz CT molecular complexity index is 118. The summed E-state index contributed by atoms with van der Waals surface area (Å²) < 4.78 is 66.4. The van der Waals surface area contributed by atoms with Crippen LogP contribution in [0.5, 0.6) is 0 Å². The summed E-state index contributed by atoms with van der Waals surface area (Å²) in [7, 11) is -5.91. The fourth-order valence-corrected chi connectivity index (χ4v) is 0.507. The minimum Gasteiger partial charge on any atom is -0.167 e. The van der Waals surface area contributed by atoms with E-state index in [1.165, 1.54) is 0 Å². The van der Waals surface area contributed by atoms with Crippen molar-refractivity contribution in [2.45, 2.75) is 6.18 Å². The summed E-state index contributed by atoms with van der Waals surface area (Å²) in [5, 5.41) is 0. The SMILES string of the molecule is FC(F)(F)C=C[P+](F)(F)F.[Ni]. The number of hydrogen-bond donors (Lipinski definition) is 0. The molecule has 8 heteroatoms. The number of rotatable bonds is 1. The maximum absolute atomic E-state index is 11.1. The molecule has 0 bridgehead atoms. The van der Waals surface area contributed by atoms with Crippen LogP contribution in [0.3, 0.4) is 0 Å². The summed E-state index contributed by atoms with van der Waals surface area (Å²) in [6.07, 6.45) is -5.67. The van der Waals surface area contributed by atoms with Crippen molar-refractivity contribution in [2.24, 2.45) is 0 Å². The Labute approximate surface area is 69.3 Å². The minimum absolute atomic E-state index is 0. The Morgan fingerprint density at radius 2 is 1.36 bits per heavy atom. The Balaban J connectivity index is 0. The number of allylic oxidation sites excluding steroid dienone is 1. The van der Waals surface area contributed by atoms with Crippen LogP contribution in [-0.4, -0.2) is 6.18 Å². The van der Waals surface area contributed by atoms with Gasteiger partial charge in [-0.15, -0.1) is 0 Å². The smallest absolute Gasteiger partial charge is 0.167 e. The second-order valence-electron chi connectivity index (χ2n) is 1.34. The molecule has 0 aliphatic heterocycles. The maximum Gasteiger partial charge on any atom is 0.595 e. The average Bonchev–Trinajstić information content (AvgIpc) is 1.57. The monoisotopic (exact) mass is 241 g/mol. The van der Waals surface area contributed by atoms with Gasteiger partial charge >= 0.3 is 14.4 Å². The number of hydrogen-bond acceptors (Lipinski definition) is 0. The van der Waals surface area contributed by atoms with Gasteiger partial charge in [-0.1, -0.05) is 0 Å². The van der Waals surface area contributed by atoms with E-state index in [4.69, 9.17) is 0 Å². The Morgan fingerprint density at radius 1 is 1.00 bits per heavy atom. The molecule has 0 aliphatic carbocycles. The third-order valence-electron chi connectivity index (χ3n) is 0.433. The summed E-state index contributed by atoms with van der Waals surface area (Å²) in [5.41, 5.74) is 0. The zero-order valence-corrected chi connectivity index (χ0v) is 6.57. The molecule has 0 aromatic heterocycles. The van der Waals surface area contributed by atoms with Gasteiger partial charge in [0.05, 0.1) is 6.08 Å². The quantitative estimate of drug-likeness (QED) is 0.373. The fraction of sp³-hybridized carbons (Fsp3) is 0.333. The average molecular weight is 242 g/mol. The van der Waals surface area contributed by atoms with E-state index in [0.717, 1.165) is 0 Å². The van der Waals surface area contributed by atoms with Crippen LogP contribution in [0.15, 0.2) is 11.9 Å². The van der Waals surface area contributed by atoms with E-state index in [1.54, 1.807) is 0 Å². The van der Waals surface area contributed by atoms with Crippen molar-refractivity contribution >= 4 is 8.19 Å². The molecule has 0 N–H and O–H groups in total. The molecule has 0 saturated carbocycles. The first-order chi connectivity index (χ1) is 4.21. The zero-order chi connectivity index (χ0) is 8.41. The molecule has 0 aromatic carbocycles. The molecule has 0 rings (SSSR count). The zero-order valence-electron chi connectivity index (χ0n) is 4.69. The van der Waals surface area contributed by atoms with Crippen molar-refractivity contribution < 1.29 is 42.3 Å². The summed E-state index contributed by atoms with van der Waals surface area (Å²) in [5.74, 6) is -0.743. The third-order valence-corrected chi connectivity index (χ3v) is 0.920. The van der Waals surface area contributed by atoms with E-state index in [-0.39, 0.29) is 16.5 Å². The normalized spacial score (nSPS) is 13.3. The molecule has 70 valence electrons. The van der Waals surface area contributed by atoms with Crippen LogP contribution in [0.25, 0.3) is 0 Å². The van der Waals surface area contributed by atoms with Crippen LogP contribution in [0.4, 0.5) is 25.8 Å². The van der Waals surface area contributed by atoms with E-state index in [1.807, 2.05) is 0 Å². The van der Waals surface area contributed by atoms with Crippen molar-refractivity contribution in [1.82, 2.24) is 0 Å². The molecule has 0 spiro atoms. The van der Waals surface area contributed by atoms with Gasteiger partial charge in [0.2, 0.25) is 0 Å². The Kier molecular flexibility index (Phi) is 5.42. The van der Waals surface area contributed by atoms with Crippen LogP contribution in [-0.2, 0) is 16.5 Å². The van der Waals surface area contributed by atoms with Crippen molar-refractivity contribution in [1.29, 1.82) is 0 Å². The van der Waals surface area contributed by atoms with Gasteiger partial charge in [0.1, 0.15) is 0 Å². The molecule has 0 aliphatic rings. The molecule has 0 aromatic rings. The second-order valence-corrected chi connectivity index (χ2v) is 2.61. The molecular formula is C3H2F6NiP+.